The Morgan fingerprint density at radius 1 is 1.40 bits per heavy atom. The zero-order valence-electron chi connectivity index (χ0n) is 13.3. The van der Waals surface area contributed by atoms with Crippen molar-refractivity contribution < 1.29 is 31.9 Å². The third-order valence-corrected chi connectivity index (χ3v) is 4.00. The number of fused-ring (bicyclic) bond motifs is 1. The fourth-order valence-corrected chi connectivity index (χ4v) is 2.91. The predicted molar refractivity (Wildman–Crippen MR) is 79.2 cm³/mol. The number of alkyl halides is 3. The van der Waals surface area contributed by atoms with E-state index in [1.807, 2.05) is 0 Å². The predicted octanol–water partition coefficient (Wildman–Crippen LogP) is 1.98. The van der Waals surface area contributed by atoms with Crippen LogP contribution in [-0.2, 0) is 22.6 Å². The lowest BCUT2D eigenvalue weighted by atomic mass is 10.0. The Kier molecular flexibility index (Phi) is 5.44. The highest BCUT2D eigenvalue weighted by Gasteiger charge is 2.39. The van der Waals surface area contributed by atoms with Gasteiger partial charge in [0.2, 0.25) is 5.91 Å². The van der Waals surface area contributed by atoms with Gasteiger partial charge < -0.3 is 15.0 Å². The van der Waals surface area contributed by atoms with E-state index in [1.165, 1.54) is 7.05 Å². The summed E-state index contributed by atoms with van der Waals surface area (Å²) in [5, 5.41) is 2.36. The fraction of sp³-hybridized carbons (Fsp3) is 0.438. The van der Waals surface area contributed by atoms with Gasteiger partial charge in [0.25, 0.3) is 5.91 Å². The number of hydrogen-bond acceptors (Lipinski definition) is 3. The number of aldehydes is 1. The van der Waals surface area contributed by atoms with Crippen LogP contribution in [0.25, 0.3) is 0 Å². The second-order valence-corrected chi connectivity index (χ2v) is 5.69. The summed E-state index contributed by atoms with van der Waals surface area (Å²) in [6, 6.07) is 0.610. The standard InChI is InChI=1S/C16H16F4N2O3/c1-21-14(24)13(3-2-4-23)22-8-12-9(7-16(18,19)20)5-10(17)6-11(12)15(22)25/h4-6,13H,2-3,7-8H2,1H3,(H,21,24). The number of amides is 2. The van der Waals surface area contributed by atoms with Crippen LogP contribution in [-0.4, -0.2) is 42.3 Å². The van der Waals surface area contributed by atoms with Gasteiger partial charge in [0.15, 0.2) is 0 Å². The Hall–Kier alpha value is -2.45. The number of hydrogen-bond donors (Lipinski definition) is 1. The van der Waals surface area contributed by atoms with Gasteiger partial charge in [-0.05, 0) is 29.7 Å². The molecule has 1 heterocycles. The number of carbonyl (C=O) groups is 3. The molecule has 1 aliphatic rings. The average molecular weight is 360 g/mol. The molecular formula is C16H16F4N2O3. The molecule has 1 atom stereocenters. The van der Waals surface area contributed by atoms with Crippen molar-refractivity contribution in [2.45, 2.75) is 38.0 Å². The Morgan fingerprint density at radius 3 is 2.64 bits per heavy atom. The highest BCUT2D eigenvalue weighted by Crippen LogP contribution is 2.33. The highest BCUT2D eigenvalue weighted by molar-refractivity contribution is 6.01. The lowest BCUT2D eigenvalue weighted by Gasteiger charge is -2.25. The van der Waals surface area contributed by atoms with Crippen molar-refractivity contribution in [3.63, 3.8) is 0 Å². The van der Waals surface area contributed by atoms with Crippen molar-refractivity contribution in [1.82, 2.24) is 10.2 Å². The van der Waals surface area contributed by atoms with Crippen LogP contribution in [0.1, 0.15) is 34.3 Å². The third-order valence-electron chi connectivity index (χ3n) is 4.00. The molecule has 0 fully saturated rings. The first kappa shape index (κ1) is 18.9. The number of nitrogens with zero attached hydrogens (tertiary/aromatic N) is 1. The minimum absolute atomic E-state index is 0.00197. The summed E-state index contributed by atoms with van der Waals surface area (Å²) in [5.41, 5.74) is -0.451. The molecule has 2 rings (SSSR count). The minimum Gasteiger partial charge on any atom is -0.357 e. The van der Waals surface area contributed by atoms with Crippen LogP contribution >= 0.6 is 0 Å². The van der Waals surface area contributed by atoms with Gasteiger partial charge in [-0.15, -0.1) is 0 Å². The molecule has 0 radical (unpaired) electrons. The van der Waals surface area contributed by atoms with E-state index >= 15 is 0 Å². The van der Waals surface area contributed by atoms with E-state index < -0.39 is 36.3 Å². The van der Waals surface area contributed by atoms with Crippen molar-refractivity contribution in [2.75, 3.05) is 7.05 Å². The van der Waals surface area contributed by atoms with Gasteiger partial charge in [0.05, 0.1) is 6.42 Å². The van der Waals surface area contributed by atoms with Crippen molar-refractivity contribution in [1.29, 1.82) is 0 Å². The van der Waals surface area contributed by atoms with Gasteiger partial charge in [0.1, 0.15) is 18.1 Å². The maximum Gasteiger partial charge on any atom is 0.393 e. The number of benzene rings is 1. The monoisotopic (exact) mass is 360 g/mol. The molecule has 5 nitrogen and oxygen atoms in total. The van der Waals surface area contributed by atoms with Crippen molar-refractivity contribution in [3.05, 3.63) is 34.6 Å². The van der Waals surface area contributed by atoms with Gasteiger partial charge in [-0.3, -0.25) is 9.59 Å². The summed E-state index contributed by atoms with van der Waals surface area (Å²) in [6.07, 6.45) is -5.32. The highest BCUT2D eigenvalue weighted by atomic mass is 19.4. The van der Waals surface area contributed by atoms with Crippen LogP contribution in [0.3, 0.4) is 0 Å². The van der Waals surface area contributed by atoms with E-state index in [4.69, 9.17) is 0 Å². The molecule has 1 N–H and O–H groups in total. The molecule has 0 saturated heterocycles. The maximum absolute atomic E-state index is 13.7. The van der Waals surface area contributed by atoms with Gasteiger partial charge in [-0.1, -0.05) is 0 Å². The zero-order chi connectivity index (χ0) is 18.8. The smallest absolute Gasteiger partial charge is 0.357 e. The Morgan fingerprint density at radius 2 is 2.08 bits per heavy atom. The molecule has 0 spiro atoms. The normalized spacial score (nSPS) is 15.1. The van der Waals surface area contributed by atoms with E-state index in [1.54, 1.807) is 0 Å². The number of nitrogens with one attached hydrogen (secondary N) is 1. The molecule has 1 aromatic rings. The van der Waals surface area contributed by atoms with Crippen molar-refractivity contribution in [2.24, 2.45) is 0 Å². The summed E-state index contributed by atoms with van der Waals surface area (Å²) in [6.45, 7) is -0.239. The third kappa shape index (κ3) is 4.15. The lowest BCUT2D eigenvalue weighted by Crippen LogP contribution is -2.46. The molecule has 0 aromatic heterocycles. The fourth-order valence-electron chi connectivity index (χ4n) is 2.91. The SMILES string of the molecule is CNC(=O)C(CCC=O)N1Cc2c(CC(F)(F)F)cc(F)cc2C1=O. The Balaban J connectivity index is 2.40. The molecule has 136 valence electrons. The van der Waals surface area contributed by atoms with E-state index in [-0.39, 0.29) is 36.1 Å². The molecule has 25 heavy (non-hydrogen) atoms. The van der Waals surface area contributed by atoms with Gasteiger partial charge >= 0.3 is 6.18 Å². The van der Waals surface area contributed by atoms with E-state index in [0.29, 0.717) is 6.29 Å². The van der Waals surface area contributed by atoms with E-state index in [9.17, 15) is 31.9 Å². The van der Waals surface area contributed by atoms with Crippen LogP contribution in [0.15, 0.2) is 12.1 Å². The first-order valence-electron chi connectivity index (χ1n) is 7.52. The van der Waals surface area contributed by atoms with Crippen LogP contribution in [0, 0.1) is 5.82 Å². The zero-order valence-corrected chi connectivity index (χ0v) is 13.3. The summed E-state index contributed by atoms with van der Waals surface area (Å²) >= 11 is 0. The number of likely N-dealkylation sites (N-methyl/N-ethyl adjacent to an activating group) is 1. The molecule has 1 unspecified atom stereocenters. The number of rotatable bonds is 6. The van der Waals surface area contributed by atoms with Gasteiger partial charge in [-0.25, -0.2) is 4.39 Å². The average Bonchev–Trinajstić information content (AvgIpc) is 2.83. The first-order valence-corrected chi connectivity index (χ1v) is 7.52. The molecule has 1 aromatic carbocycles. The largest absolute Gasteiger partial charge is 0.393 e. The summed E-state index contributed by atoms with van der Waals surface area (Å²) < 4.78 is 51.8. The minimum atomic E-state index is -4.56. The second-order valence-electron chi connectivity index (χ2n) is 5.69. The van der Waals surface area contributed by atoms with Crippen LogP contribution in [0.5, 0.6) is 0 Å². The van der Waals surface area contributed by atoms with Crippen molar-refractivity contribution in [3.8, 4) is 0 Å². The molecule has 0 saturated carbocycles. The molecular weight excluding hydrogens is 344 g/mol. The lowest BCUT2D eigenvalue weighted by molar-refractivity contribution is -0.128. The Labute approximate surface area is 141 Å². The summed E-state index contributed by atoms with van der Waals surface area (Å²) in [4.78, 5) is 36.2. The van der Waals surface area contributed by atoms with E-state index in [2.05, 4.69) is 5.32 Å². The first-order chi connectivity index (χ1) is 11.7. The second kappa shape index (κ2) is 7.20. The Bertz CT molecular complexity index is 703. The van der Waals surface area contributed by atoms with Crippen LogP contribution < -0.4 is 5.32 Å². The number of carbonyl (C=O) groups excluding carboxylic acids is 3. The topological polar surface area (TPSA) is 66.5 Å². The number of halogens is 4. The molecule has 9 heteroatoms. The summed E-state index contributed by atoms with van der Waals surface area (Å²) in [5.74, 6) is -2.21. The summed E-state index contributed by atoms with van der Waals surface area (Å²) in [7, 11) is 1.35. The van der Waals surface area contributed by atoms with Gasteiger partial charge in [0, 0.05) is 25.6 Å². The van der Waals surface area contributed by atoms with E-state index in [0.717, 1.165) is 17.0 Å². The quantitative estimate of drug-likeness (QED) is 0.623. The van der Waals surface area contributed by atoms with Crippen molar-refractivity contribution >= 4 is 18.1 Å². The molecule has 1 aliphatic heterocycles. The van der Waals surface area contributed by atoms with Crippen LogP contribution in [0.2, 0.25) is 0 Å². The van der Waals surface area contributed by atoms with Gasteiger partial charge in [-0.2, -0.15) is 13.2 Å². The molecule has 0 bridgehead atoms. The maximum atomic E-state index is 13.7. The van der Waals surface area contributed by atoms with Crippen LogP contribution in [0.4, 0.5) is 17.6 Å². The molecule has 0 aliphatic carbocycles. The molecule has 2 amide bonds.